The zero-order valence-electron chi connectivity index (χ0n) is 16.7. The van der Waals surface area contributed by atoms with Crippen LogP contribution in [0.4, 0.5) is 5.13 Å². The molecule has 4 rings (SSSR count). The number of β-lactam (4-membered cyclic amide) rings is 1. The summed E-state index contributed by atoms with van der Waals surface area (Å²) in [5, 5.41) is 25.2. The van der Waals surface area contributed by atoms with Gasteiger partial charge in [0.1, 0.15) is 16.4 Å². The molecule has 2 aliphatic rings. The number of carboxylic acids is 1. The van der Waals surface area contributed by atoms with E-state index in [0.29, 0.717) is 15.2 Å². The Bertz CT molecular complexity index is 1000. The zero-order valence-corrected chi connectivity index (χ0v) is 22.0. The number of anilines is 1. The van der Waals surface area contributed by atoms with Crippen molar-refractivity contribution in [1.82, 2.24) is 25.4 Å². The van der Waals surface area contributed by atoms with E-state index in [0.717, 1.165) is 5.01 Å². The summed E-state index contributed by atoms with van der Waals surface area (Å²) in [6.07, 6.45) is 0.0375. The molecule has 10 nitrogen and oxygen atoms in total. The third-order valence-electron chi connectivity index (χ3n) is 4.78. The maximum atomic E-state index is 12.6. The Balaban J connectivity index is 0.00000272. The molecule has 15 heteroatoms. The first-order valence-electron chi connectivity index (χ1n) is 8.83. The van der Waals surface area contributed by atoms with Crippen LogP contribution in [0.3, 0.4) is 0 Å². The first-order chi connectivity index (χ1) is 14.3. The number of fused-ring (bicyclic) bond motifs is 1. The van der Waals surface area contributed by atoms with E-state index in [9.17, 15) is 19.5 Å². The van der Waals surface area contributed by atoms with E-state index in [1.165, 1.54) is 51.1 Å². The number of nitrogens with one attached hydrogen (secondary N) is 1. The first-order valence-corrected chi connectivity index (χ1v) is 12.6. The fourth-order valence-electron chi connectivity index (χ4n) is 3.23. The number of hydrogen-bond donors (Lipinski definition) is 2. The average Bonchev–Trinajstić information content (AvgIpc) is 3.31. The smallest absolute Gasteiger partial charge is 0.549 e. The standard InChI is InChI=1S/C16H18N6O4S4.Na/c1-7-20-21-15(30-7)29-6-16(13(25)26)4-22-11(24)10(12(22)28-5-16)19-9(23)2-8-3-27-14(17)18-8;/h3,10,12H,2,4-6H2,1H3,(H2,17,18)(H,19,23)(H,25,26);/q;+1/p-1/t10?,12-,16?;/m1./s1. The molecule has 0 spiro atoms. The van der Waals surface area contributed by atoms with Crippen molar-refractivity contribution >= 4 is 69.1 Å². The van der Waals surface area contributed by atoms with Crippen LogP contribution in [-0.2, 0) is 20.8 Å². The minimum Gasteiger partial charge on any atom is -0.549 e. The Kier molecular flexibility index (Phi) is 7.92. The van der Waals surface area contributed by atoms with Gasteiger partial charge in [0.05, 0.1) is 18.1 Å². The van der Waals surface area contributed by atoms with Crippen molar-refractivity contribution < 1.29 is 49.0 Å². The second-order valence-corrected chi connectivity index (χ2v) is 11.4. The molecule has 0 bridgehead atoms. The number of thiazole rings is 1. The molecule has 2 aromatic heterocycles. The molecule has 0 aromatic carbocycles. The number of thioether (sulfide) groups is 2. The molecule has 4 heterocycles. The number of nitrogens with zero attached hydrogens (tertiary/aromatic N) is 4. The maximum Gasteiger partial charge on any atom is 1.00 e. The molecule has 2 unspecified atom stereocenters. The van der Waals surface area contributed by atoms with Crippen molar-refractivity contribution in [2.75, 3.05) is 23.8 Å². The van der Waals surface area contributed by atoms with Gasteiger partial charge in [0.15, 0.2) is 9.47 Å². The Hall–Kier alpha value is -0.900. The molecule has 3 atom stereocenters. The van der Waals surface area contributed by atoms with Crippen molar-refractivity contribution in [3.8, 4) is 0 Å². The van der Waals surface area contributed by atoms with E-state index in [1.807, 2.05) is 6.92 Å². The number of aryl methyl sites for hydroxylation is 1. The van der Waals surface area contributed by atoms with Crippen LogP contribution in [0.25, 0.3) is 0 Å². The molecule has 0 radical (unpaired) electrons. The second-order valence-electron chi connectivity index (χ2n) is 7.01. The molecule has 31 heavy (non-hydrogen) atoms. The minimum absolute atomic E-state index is 0. The summed E-state index contributed by atoms with van der Waals surface area (Å²) >= 11 is 5.29. The molecular weight excluding hydrogens is 491 g/mol. The van der Waals surface area contributed by atoms with Crippen LogP contribution in [0.15, 0.2) is 9.72 Å². The van der Waals surface area contributed by atoms with Crippen LogP contribution >= 0.6 is 46.2 Å². The summed E-state index contributed by atoms with van der Waals surface area (Å²) in [4.78, 5) is 42.4. The molecule has 160 valence electrons. The van der Waals surface area contributed by atoms with Crippen molar-refractivity contribution in [2.24, 2.45) is 5.41 Å². The summed E-state index contributed by atoms with van der Waals surface area (Å²) in [7, 11) is 0. The van der Waals surface area contributed by atoms with E-state index in [1.54, 1.807) is 5.38 Å². The van der Waals surface area contributed by atoms with Crippen LogP contribution in [-0.4, -0.2) is 67.3 Å². The van der Waals surface area contributed by atoms with Gasteiger partial charge in [0.25, 0.3) is 0 Å². The molecule has 2 aliphatic heterocycles. The predicted molar refractivity (Wildman–Crippen MR) is 113 cm³/mol. The first kappa shape index (κ1) is 24.7. The van der Waals surface area contributed by atoms with E-state index >= 15 is 0 Å². The van der Waals surface area contributed by atoms with Crippen LogP contribution in [0.2, 0.25) is 0 Å². The van der Waals surface area contributed by atoms with E-state index < -0.39 is 17.4 Å². The number of aliphatic carboxylic acids is 1. The summed E-state index contributed by atoms with van der Waals surface area (Å²) in [6, 6.07) is -0.670. The average molecular weight is 509 g/mol. The molecule has 2 amide bonds. The van der Waals surface area contributed by atoms with Crippen molar-refractivity contribution in [1.29, 1.82) is 0 Å². The number of nitrogen functional groups attached to an aromatic ring is 1. The van der Waals surface area contributed by atoms with Gasteiger partial charge < -0.3 is 25.9 Å². The molecule has 2 aromatic rings. The fraction of sp³-hybridized carbons (Fsp3) is 0.500. The summed E-state index contributed by atoms with van der Waals surface area (Å²) < 4.78 is 0.683. The van der Waals surface area contributed by atoms with E-state index in [2.05, 4.69) is 20.5 Å². The van der Waals surface area contributed by atoms with Gasteiger partial charge in [-0.25, -0.2) is 4.98 Å². The predicted octanol–water partition coefficient (Wildman–Crippen LogP) is -3.64. The summed E-state index contributed by atoms with van der Waals surface area (Å²) in [6.45, 7) is 1.87. The Morgan fingerprint density at radius 2 is 2.23 bits per heavy atom. The van der Waals surface area contributed by atoms with Gasteiger partial charge in [-0.1, -0.05) is 23.1 Å². The normalized spacial score (nSPS) is 24.7. The molecule has 0 aliphatic carbocycles. The Morgan fingerprint density at radius 1 is 1.45 bits per heavy atom. The zero-order chi connectivity index (χ0) is 21.5. The summed E-state index contributed by atoms with van der Waals surface area (Å²) in [5.41, 5.74) is 4.93. The number of amides is 2. The number of nitrogens with two attached hydrogens (primary N) is 1. The van der Waals surface area contributed by atoms with Crippen LogP contribution < -0.4 is 45.7 Å². The molecular formula is C16H17N6NaO4S4. The maximum absolute atomic E-state index is 12.6. The van der Waals surface area contributed by atoms with Crippen LogP contribution in [0.1, 0.15) is 10.7 Å². The van der Waals surface area contributed by atoms with Crippen molar-refractivity contribution in [3.63, 3.8) is 0 Å². The number of carbonyl (C=O) groups is 3. The number of rotatable bonds is 7. The molecule has 2 saturated heterocycles. The Morgan fingerprint density at radius 3 is 2.84 bits per heavy atom. The Labute approximate surface area is 216 Å². The van der Waals surface area contributed by atoms with Gasteiger partial charge in [-0.3, -0.25) is 9.59 Å². The van der Waals surface area contributed by atoms with E-state index in [-0.39, 0.29) is 71.2 Å². The van der Waals surface area contributed by atoms with Gasteiger partial charge in [0.2, 0.25) is 11.8 Å². The SMILES string of the molecule is Cc1nnc(SCC2(C(=O)[O-])CS[C@@H]3C(NC(=O)Cc4csc(N)n4)C(=O)N3C2)s1.[Na+]. The number of carbonyl (C=O) groups excluding carboxylic acids is 3. The number of carboxylic acid groups (broad SMARTS) is 1. The topological polar surface area (TPSA) is 154 Å². The van der Waals surface area contributed by atoms with Crippen LogP contribution in [0.5, 0.6) is 0 Å². The molecule has 3 N–H and O–H groups in total. The fourth-order valence-corrected chi connectivity index (χ4v) is 7.45. The van der Waals surface area contributed by atoms with Gasteiger partial charge >= 0.3 is 29.6 Å². The molecule has 2 fully saturated rings. The third-order valence-corrected chi connectivity index (χ3v) is 9.36. The number of aromatic nitrogens is 3. The monoisotopic (exact) mass is 508 g/mol. The van der Waals surface area contributed by atoms with Gasteiger partial charge in [0, 0.05) is 28.8 Å². The van der Waals surface area contributed by atoms with Gasteiger partial charge in [-0.05, 0) is 6.92 Å². The van der Waals surface area contributed by atoms with Crippen LogP contribution in [0, 0.1) is 12.3 Å². The molecule has 0 saturated carbocycles. The number of hydrogen-bond acceptors (Lipinski definition) is 12. The van der Waals surface area contributed by atoms with E-state index in [4.69, 9.17) is 5.73 Å². The quantitative estimate of drug-likeness (QED) is 0.217. The largest absolute Gasteiger partial charge is 1.00 e. The van der Waals surface area contributed by atoms with Crippen molar-refractivity contribution in [3.05, 3.63) is 16.1 Å². The van der Waals surface area contributed by atoms with Gasteiger partial charge in [-0.2, -0.15) is 0 Å². The van der Waals surface area contributed by atoms with Gasteiger partial charge in [-0.15, -0.1) is 33.3 Å². The third kappa shape index (κ3) is 5.20. The van der Waals surface area contributed by atoms with Crippen molar-refractivity contribution in [2.45, 2.75) is 29.1 Å². The summed E-state index contributed by atoms with van der Waals surface area (Å²) in [5.74, 6) is -1.29. The second kappa shape index (κ2) is 9.93. The minimum atomic E-state index is -1.19.